The van der Waals surface area contributed by atoms with E-state index in [-0.39, 0.29) is 5.57 Å². The second-order valence-electron chi connectivity index (χ2n) is 4.24. The quantitative estimate of drug-likeness (QED) is 0.507. The molecule has 1 fully saturated rings. The Morgan fingerprint density at radius 2 is 1.89 bits per heavy atom. The molecule has 0 unspecified atom stereocenters. The predicted octanol–water partition coefficient (Wildman–Crippen LogP) is 1.23. The number of cyclic esters (lactones) is 2. The molecule has 0 saturated carbocycles. The van der Waals surface area contributed by atoms with Gasteiger partial charge >= 0.3 is 11.9 Å². The van der Waals surface area contributed by atoms with Gasteiger partial charge in [-0.1, -0.05) is 18.3 Å². The van der Waals surface area contributed by atoms with Crippen molar-refractivity contribution in [3.05, 3.63) is 16.8 Å². The highest BCUT2D eigenvalue weighted by Gasteiger charge is 2.38. The number of anilines is 1. The number of rotatable bonds is 3. The molecule has 1 aromatic rings. The Morgan fingerprint density at radius 3 is 2.42 bits per heavy atom. The predicted molar refractivity (Wildman–Crippen MR) is 67.3 cm³/mol. The van der Waals surface area contributed by atoms with Crippen molar-refractivity contribution in [1.29, 1.82) is 0 Å². The highest BCUT2D eigenvalue weighted by molar-refractivity contribution is 7.15. The number of nitrogens with zero attached hydrogens (tertiary/aromatic N) is 2. The standard InChI is InChI=1S/C11H13N3O4S/c1-4-7-13-14-10(19-7)12-5-6-8(15)17-11(2,3)18-9(6)16/h5H,4H2,1-3H3,(H,12,14). The third kappa shape index (κ3) is 3.08. The smallest absolute Gasteiger partial charge is 0.350 e. The van der Waals surface area contributed by atoms with Gasteiger partial charge in [-0.15, -0.1) is 10.2 Å². The van der Waals surface area contributed by atoms with Crippen LogP contribution in [0.25, 0.3) is 0 Å². The summed E-state index contributed by atoms with van der Waals surface area (Å²) in [7, 11) is 0. The van der Waals surface area contributed by atoms with Crippen LogP contribution in [-0.4, -0.2) is 27.9 Å². The number of carbonyl (C=O) groups is 2. The Hall–Kier alpha value is -1.96. The van der Waals surface area contributed by atoms with Crippen molar-refractivity contribution in [2.45, 2.75) is 33.0 Å². The molecule has 2 heterocycles. The van der Waals surface area contributed by atoms with E-state index in [0.29, 0.717) is 5.13 Å². The fourth-order valence-corrected chi connectivity index (χ4v) is 2.02. The number of hydrogen-bond donors (Lipinski definition) is 1. The molecule has 0 spiro atoms. The Kier molecular flexibility index (Phi) is 3.52. The van der Waals surface area contributed by atoms with Gasteiger partial charge in [0.05, 0.1) is 0 Å². The van der Waals surface area contributed by atoms with Crippen LogP contribution in [0.2, 0.25) is 0 Å². The molecule has 1 saturated heterocycles. The van der Waals surface area contributed by atoms with Gasteiger partial charge in [0.15, 0.2) is 5.57 Å². The van der Waals surface area contributed by atoms with Crippen LogP contribution in [0.1, 0.15) is 25.8 Å². The number of aromatic nitrogens is 2. The third-order valence-electron chi connectivity index (χ3n) is 2.23. The maximum atomic E-state index is 11.6. The van der Waals surface area contributed by atoms with E-state index >= 15 is 0 Å². The molecule has 0 aliphatic carbocycles. The second-order valence-corrected chi connectivity index (χ2v) is 5.30. The molecular formula is C11H13N3O4S. The largest absolute Gasteiger partial charge is 0.419 e. The van der Waals surface area contributed by atoms with E-state index < -0.39 is 17.7 Å². The van der Waals surface area contributed by atoms with Crippen molar-refractivity contribution in [2.75, 3.05) is 5.32 Å². The van der Waals surface area contributed by atoms with E-state index in [1.54, 1.807) is 0 Å². The van der Waals surface area contributed by atoms with E-state index in [1.165, 1.54) is 31.4 Å². The summed E-state index contributed by atoms with van der Waals surface area (Å²) in [5.74, 6) is -2.69. The normalized spacial score (nSPS) is 17.7. The van der Waals surface area contributed by atoms with E-state index in [9.17, 15) is 9.59 Å². The molecule has 19 heavy (non-hydrogen) atoms. The fourth-order valence-electron chi connectivity index (χ4n) is 1.37. The lowest BCUT2D eigenvalue weighted by Crippen LogP contribution is -2.42. The lowest BCUT2D eigenvalue weighted by Gasteiger charge is -2.29. The highest BCUT2D eigenvalue weighted by Crippen LogP contribution is 2.23. The minimum Gasteiger partial charge on any atom is -0.419 e. The zero-order valence-electron chi connectivity index (χ0n) is 10.7. The van der Waals surface area contributed by atoms with Crippen LogP contribution >= 0.6 is 11.3 Å². The molecule has 0 amide bonds. The van der Waals surface area contributed by atoms with Gasteiger partial charge in [-0.3, -0.25) is 0 Å². The Morgan fingerprint density at radius 1 is 1.26 bits per heavy atom. The second kappa shape index (κ2) is 4.96. The van der Waals surface area contributed by atoms with Gasteiger partial charge in [-0.2, -0.15) is 0 Å². The van der Waals surface area contributed by atoms with Crippen molar-refractivity contribution < 1.29 is 19.1 Å². The minimum absolute atomic E-state index is 0.201. The van der Waals surface area contributed by atoms with E-state index in [4.69, 9.17) is 9.47 Å². The zero-order valence-corrected chi connectivity index (χ0v) is 11.5. The van der Waals surface area contributed by atoms with Gasteiger partial charge in [0.25, 0.3) is 5.79 Å². The van der Waals surface area contributed by atoms with Gasteiger partial charge in [0.1, 0.15) is 5.01 Å². The summed E-state index contributed by atoms with van der Waals surface area (Å²) in [5, 5.41) is 11.9. The molecular weight excluding hydrogens is 270 g/mol. The first-order valence-corrected chi connectivity index (χ1v) is 6.48. The average Bonchev–Trinajstić information content (AvgIpc) is 2.74. The van der Waals surface area contributed by atoms with Crippen molar-refractivity contribution in [1.82, 2.24) is 10.2 Å². The lowest BCUT2D eigenvalue weighted by atomic mass is 10.2. The van der Waals surface area contributed by atoms with Crippen LogP contribution in [0, 0.1) is 0 Å². The summed E-state index contributed by atoms with van der Waals surface area (Å²) in [6.07, 6.45) is 1.99. The molecule has 1 aliphatic heterocycles. The van der Waals surface area contributed by atoms with Crippen LogP contribution in [0.15, 0.2) is 11.8 Å². The number of esters is 2. The monoisotopic (exact) mass is 283 g/mol. The van der Waals surface area contributed by atoms with Crippen LogP contribution in [-0.2, 0) is 25.5 Å². The summed E-state index contributed by atoms with van der Waals surface area (Å²) in [5.41, 5.74) is -0.201. The molecule has 102 valence electrons. The van der Waals surface area contributed by atoms with Gasteiger partial charge in [0.2, 0.25) is 5.13 Å². The maximum Gasteiger partial charge on any atom is 0.350 e. The Bertz CT molecular complexity index is 528. The van der Waals surface area contributed by atoms with Gasteiger partial charge in [-0.25, -0.2) is 9.59 Å². The molecule has 7 nitrogen and oxygen atoms in total. The number of ether oxygens (including phenoxy) is 2. The first kappa shape index (κ1) is 13.5. The highest BCUT2D eigenvalue weighted by atomic mass is 32.1. The molecule has 1 aromatic heterocycles. The molecule has 1 aliphatic rings. The van der Waals surface area contributed by atoms with E-state index in [0.717, 1.165) is 11.4 Å². The van der Waals surface area contributed by atoms with Crippen molar-refractivity contribution in [2.24, 2.45) is 0 Å². The number of carbonyl (C=O) groups excluding carboxylic acids is 2. The van der Waals surface area contributed by atoms with Crippen LogP contribution in [0.3, 0.4) is 0 Å². The molecule has 2 rings (SSSR count). The first-order valence-electron chi connectivity index (χ1n) is 5.67. The summed E-state index contributed by atoms with van der Waals surface area (Å²) >= 11 is 1.34. The zero-order chi connectivity index (χ0) is 14.0. The van der Waals surface area contributed by atoms with Gasteiger partial charge < -0.3 is 14.8 Å². The molecule has 0 atom stereocenters. The maximum absolute atomic E-state index is 11.6. The van der Waals surface area contributed by atoms with E-state index in [2.05, 4.69) is 15.5 Å². The Balaban J connectivity index is 2.10. The third-order valence-corrected chi connectivity index (χ3v) is 3.22. The summed E-state index contributed by atoms with van der Waals surface area (Å²) < 4.78 is 9.90. The van der Waals surface area contributed by atoms with E-state index in [1.807, 2.05) is 6.92 Å². The molecule has 0 aromatic carbocycles. The van der Waals surface area contributed by atoms with Crippen molar-refractivity contribution in [3.8, 4) is 0 Å². The summed E-state index contributed by atoms with van der Waals surface area (Å²) in [6.45, 7) is 4.94. The minimum atomic E-state index is -1.23. The summed E-state index contributed by atoms with van der Waals surface area (Å²) in [4.78, 5) is 23.3. The lowest BCUT2D eigenvalue weighted by molar-refractivity contribution is -0.222. The van der Waals surface area contributed by atoms with Crippen LogP contribution < -0.4 is 5.32 Å². The van der Waals surface area contributed by atoms with Crippen LogP contribution in [0.4, 0.5) is 5.13 Å². The van der Waals surface area contributed by atoms with Crippen LogP contribution in [0.5, 0.6) is 0 Å². The molecule has 0 radical (unpaired) electrons. The number of aryl methyl sites for hydroxylation is 1. The SMILES string of the molecule is CCc1nnc(NC=C2C(=O)OC(C)(C)OC2=O)s1. The summed E-state index contributed by atoms with van der Waals surface area (Å²) in [6, 6.07) is 0. The number of nitrogens with one attached hydrogen (secondary N) is 1. The van der Waals surface area contributed by atoms with Crippen molar-refractivity contribution >= 4 is 28.4 Å². The average molecular weight is 283 g/mol. The van der Waals surface area contributed by atoms with Gasteiger partial charge in [-0.05, 0) is 6.42 Å². The molecule has 8 heteroatoms. The fraction of sp³-hybridized carbons (Fsp3) is 0.455. The topological polar surface area (TPSA) is 90.4 Å². The van der Waals surface area contributed by atoms with Crippen molar-refractivity contribution in [3.63, 3.8) is 0 Å². The molecule has 0 bridgehead atoms. The first-order chi connectivity index (χ1) is 8.91. The Labute approximate surface area is 113 Å². The number of hydrogen-bond acceptors (Lipinski definition) is 8. The molecule has 1 N–H and O–H groups in total. The van der Waals surface area contributed by atoms with Gasteiger partial charge in [0, 0.05) is 20.0 Å².